The highest BCUT2D eigenvalue weighted by Crippen LogP contribution is 2.23. The molecule has 0 spiro atoms. The predicted octanol–water partition coefficient (Wildman–Crippen LogP) is 3.88. The molecule has 0 amide bonds. The van der Waals surface area contributed by atoms with Crippen LogP contribution in [0.2, 0.25) is 0 Å². The largest absolute Gasteiger partial charge is 0.378 e. The average molecular weight is 259 g/mol. The van der Waals surface area contributed by atoms with Gasteiger partial charge in [0.1, 0.15) is 0 Å². The highest BCUT2D eigenvalue weighted by molar-refractivity contribution is 5.93. The second-order valence-electron chi connectivity index (χ2n) is 4.45. The molecule has 0 aliphatic carbocycles. The molecule has 3 aromatic rings. The van der Waals surface area contributed by atoms with Gasteiger partial charge in [0.25, 0.3) is 0 Å². The molecule has 0 aliphatic rings. The zero-order chi connectivity index (χ0) is 11.8. The van der Waals surface area contributed by atoms with Gasteiger partial charge in [-0.1, -0.05) is 24.3 Å². The smallest absolute Gasteiger partial charge is 0.0730 e. The number of hydrogen-bond donors (Lipinski definition) is 0. The Balaban J connectivity index is 0.00000120. The van der Waals surface area contributed by atoms with E-state index in [4.69, 9.17) is 4.98 Å². The molecule has 18 heavy (non-hydrogen) atoms. The monoisotopic (exact) mass is 258 g/mol. The number of fused-ring (bicyclic) bond motifs is 2. The standard InChI is InChI=1S/C15H14N2.ClH/c1-17(2)13-8-7-12-9-11-5-3-4-6-14(11)16-15(12)10-13;/h3-10H,1-2H3;1H. The van der Waals surface area contributed by atoms with Crippen LogP contribution in [0.3, 0.4) is 0 Å². The quantitative estimate of drug-likeness (QED) is 0.616. The fraction of sp³-hybridized carbons (Fsp3) is 0.133. The molecule has 0 atom stereocenters. The van der Waals surface area contributed by atoms with Crippen molar-refractivity contribution in [1.82, 2.24) is 4.98 Å². The van der Waals surface area contributed by atoms with Crippen LogP contribution in [0.25, 0.3) is 21.8 Å². The van der Waals surface area contributed by atoms with Gasteiger partial charge in [0.05, 0.1) is 11.0 Å². The summed E-state index contributed by atoms with van der Waals surface area (Å²) in [7, 11) is 4.09. The van der Waals surface area contributed by atoms with Crippen LogP contribution in [0.4, 0.5) is 5.69 Å². The SMILES string of the molecule is CN(C)c1ccc2cc3ccccc3nc2c1.Cl. The molecule has 2 nitrogen and oxygen atoms in total. The third-order valence-electron chi connectivity index (χ3n) is 3.02. The number of anilines is 1. The van der Waals surface area contributed by atoms with Crippen molar-refractivity contribution in [2.24, 2.45) is 0 Å². The number of pyridine rings is 1. The van der Waals surface area contributed by atoms with E-state index in [9.17, 15) is 0 Å². The fourth-order valence-corrected chi connectivity index (χ4v) is 2.04. The highest BCUT2D eigenvalue weighted by Gasteiger charge is 2.01. The lowest BCUT2D eigenvalue weighted by Crippen LogP contribution is -2.08. The molecule has 3 heteroatoms. The first-order valence-corrected chi connectivity index (χ1v) is 5.71. The summed E-state index contributed by atoms with van der Waals surface area (Å²) < 4.78 is 0. The lowest BCUT2D eigenvalue weighted by molar-refractivity contribution is 1.13. The molecular formula is C15H15ClN2. The topological polar surface area (TPSA) is 16.1 Å². The van der Waals surface area contributed by atoms with Crippen LogP contribution in [0, 0.1) is 0 Å². The van der Waals surface area contributed by atoms with Gasteiger partial charge in [0.2, 0.25) is 0 Å². The molecule has 0 bridgehead atoms. The minimum absolute atomic E-state index is 0. The summed E-state index contributed by atoms with van der Waals surface area (Å²) in [5.41, 5.74) is 3.28. The van der Waals surface area contributed by atoms with Gasteiger partial charge in [0, 0.05) is 30.6 Å². The summed E-state index contributed by atoms with van der Waals surface area (Å²) in [5.74, 6) is 0. The first kappa shape index (κ1) is 12.7. The zero-order valence-corrected chi connectivity index (χ0v) is 11.2. The molecule has 1 aromatic heterocycles. The molecule has 2 aromatic carbocycles. The van der Waals surface area contributed by atoms with Crippen LogP contribution < -0.4 is 4.90 Å². The molecule has 1 heterocycles. The van der Waals surface area contributed by atoms with Crippen LogP contribution in [-0.2, 0) is 0 Å². The molecule has 0 aliphatic heterocycles. The second kappa shape index (κ2) is 4.83. The van der Waals surface area contributed by atoms with Crippen LogP contribution in [0.15, 0.2) is 48.5 Å². The first-order valence-electron chi connectivity index (χ1n) is 5.71. The molecule has 3 rings (SSSR count). The number of aromatic nitrogens is 1. The summed E-state index contributed by atoms with van der Waals surface area (Å²) in [6.45, 7) is 0. The van der Waals surface area contributed by atoms with Gasteiger partial charge in [-0.25, -0.2) is 4.98 Å². The summed E-state index contributed by atoms with van der Waals surface area (Å²) in [6, 6.07) is 16.8. The zero-order valence-electron chi connectivity index (χ0n) is 10.4. The van der Waals surface area contributed by atoms with Crippen LogP contribution >= 0.6 is 12.4 Å². The van der Waals surface area contributed by atoms with Crippen molar-refractivity contribution < 1.29 is 0 Å². The summed E-state index contributed by atoms with van der Waals surface area (Å²) in [5, 5.41) is 2.38. The first-order chi connectivity index (χ1) is 8.24. The predicted molar refractivity (Wildman–Crippen MR) is 80.8 cm³/mol. The molecular weight excluding hydrogens is 244 g/mol. The van der Waals surface area contributed by atoms with E-state index in [1.54, 1.807) is 0 Å². The van der Waals surface area contributed by atoms with Crippen molar-refractivity contribution in [2.75, 3.05) is 19.0 Å². The van der Waals surface area contributed by atoms with E-state index in [1.165, 1.54) is 16.5 Å². The Labute approximate surface area is 113 Å². The second-order valence-corrected chi connectivity index (χ2v) is 4.45. The molecule has 0 radical (unpaired) electrons. The molecule has 0 N–H and O–H groups in total. The Morgan fingerprint density at radius 1 is 0.833 bits per heavy atom. The maximum atomic E-state index is 4.69. The fourth-order valence-electron chi connectivity index (χ4n) is 2.04. The van der Waals surface area contributed by atoms with Crippen molar-refractivity contribution in [3.8, 4) is 0 Å². The van der Waals surface area contributed by atoms with Crippen molar-refractivity contribution in [2.45, 2.75) is 0 Å². The van der Waals surface area contributed by atoms with Crippen molar-refractivity contribution >= 4 is 39.9 Å². The van der Waals surface area contributed by atoms with Gasteiger partial charge < -0.3 is 4.90 Å². The van der Waals surface area contributed by atoms with Crippen LogP contribution in [0.1, 0.15) is 0 Å². The lowest BCUT2D eigenvalue weighted by Gasteiger charge is -2.12. The van der Waals surface area contributed by atoms with E-state index in [-0.39, 0.29) is 12.4 Å². The van der Waals surface area contributed by atoms with Gasteiger partial charge in [-0.3, -0.25) is 0 Å². The minimum atomic E-state index is 0. The van der Waals surface area contributed by atoms with Gasteiger partial charge in [0.15, 0.2) is 0 Å². The number of para-hydroxylation sites is 1. The Morgan fingerprint density at radius 3 is 2.33 bits per heavy atom. The Bertz CT molecular complexity index is 692. The summed E-state index contributed by atoms with van der Waals surface area (Å²) in [4.78, 5) is 6.79. The van der Waals surface area contributed by atoms with Gasteiger partial charge in [-0.05, 0) is 24.3 Å². The Kier molecular flexibility index (Phi) is 3.39. The molecule has 0 saturated heterocycles. The molecule has 0 fully saturated rings. The third kappa shape index (κ3) is 2.12. The number of nitrogens with zero attached hydrogens (tertiary/aromatic N) is 2. The number of halogens is 1. The maximum absolute atomic E-state index is 4.69. The third-order valence-corrected chi connectivity index (χ3v) is 3.02. The van der Waals surface area contributed by atoms with Gasteiger partial charge in [-0.2, -0.15) is 0 Å². The van der Waals surface area contributed by atoms with Crippen molar-refractivity contribution in [3.05, 3.63) is 48.5 Å². The average Bonchev–Trinajstić information content (AvgIpc) is 2.35. The Morgan fingerprint density at radius 2 is 1.56 bits per heavy atom. The van der Waals surface area contributed by atoms with Crippen LogP contribution in [0.5, 0.6) is 0 Å². The summed E-state index contributed by atoms with van der Waals surface area (Å²) in [6.07, 6.45) is 0. The van der Waals surface area contributed by atoms with Gasteiger partial charge in [-0.15, -0.1) is 12.4 Å². The van der Waals surface area contributed by atoms with Gasteiger partial charge >= 0.3 is 0 Å². The molecule has 92 valence electrons. The van der Waals surface area contributed by atoms with E-state index >= 15 is 0 Å². The normalized spacial score (nSPS) is 10.3. The van der Waals surface area contributed by atoms with E-state index in [1.807, 2.05) is 26.2 Å². The van der Waals surface area contributed by atoms with E-state index in [0.29, 0.717) is 0 Å². The molecule has 0 saturated carbocycles. The number of hydrogen-bond acceptors (Lipinski definition) is 2. The lowest BCUT2D eigenvalue weighted by atomic mass is 10.1. The highest BCUT2D eigenvalue weighted by atomic mass is 35.5. The minimum Gasteiger partial charge on any atom is -0.378 e. The van der Waals surface area contributed by atoms with E-state index in [2.05, 4.69) is 41.3 Å². The number of rotatable bonds is 1. The molecule has 0 unspecified atom stereocenters. The summed E-state index contributed by atoms with van der Waals surface area (Å²) >= 11 is 0. The number of benzene rings is 2. The maximum Gasteiger partial charge on any atom is 0.0730 e. The van der Waals surface area contributed by atoms with E-state index in [0.717, 1.165) is 11.0 Å². The van der Waals surface area contributed by atoms with Crippen LogP contribution in [-0.4, -0.2) is 19.1 Å². The Hall–Kier alpha value is -1.80. The van der Waals surface area contributed by atoms with Crippen molar-refractivity contribution in [1.29, 1.82) is 0 Å². The van der Waals surface area contributed by atoms with E-state index < -0.39 is 0 Å². The van der Waals surface area contributed by atoms with Crippen molar-refractivity contribution in [3.63, 3.8) is 0 Å².